The lowest BCUT2D eigenvalue weighted by molar-refractivity contribution is -0.142. The molecule has 2 aromatic carbocycles. The summed E-state index contributed by atoms with van der Waals surface area (Å²) in [5.41, 5.74) is 0.867. The van der Waals surface area contributed by atoms with Crippen LogP contribution in [-0.2, 0) is 22.4 Å². The highest BCUT2D eigenvalue weighted by molar-refractivity contribution is 9.10. The number of aliphatic carboxylic acids is 1. The molecule has 1 aromatic heterocycles. The maximum absolute atomic E-state index is 13.0. The van der Waals surface area contributed by atoms with E-state index in [1.54, 1.807) is 30.3 Å². The molecule has 3 N–H and O–H groups in total. The van der Waals surface area contributed by atoms with Crippen molar-refractivity contribution >= 4 is 38.8 Å². The Kier molecular flexibility index (Phi) is 5.29. The maximum Gasteiger partial charge on any atom is 0.326 e. The van der Waals surface area contributed by atoms with E-state index in [1.807, 2.05) is 12.1 Å². The van der Waals surface area contributed by atoms with Gasteiger partial charge in [0.05, 0.1) is 11.0 Å². The van der Waals surface area contributed by atoms with Gasteiger partial charge in [-0.3, -0.25) is 19.0 Å². The highest BCUT2D eigenvalue weighted by Gasteiger charge is 2.32. The van der Waals surface area contributed by atoms with Gasteiger partial charge in [-0.15, -0.1) is 0 Å². The van der Waals surface area contributed by atoms with Gasteiger partial charge < -0.3 is 15.4 Å². The van der Waals surface area contributed by atoms with Gasteiger partial charge in [0, 0.05) is 10.9 Å². The van der Waals surface area contributed by atoms with Crippen molar-refractivity contribution < 1.29 is 14.7 Å². The first kappa shape index (κ1) is 20.1. The van der Waals surface area contributed by atoms with Gasteiger partial charge in [-0.1, -0.05) is 46.3 Å². The van der Waals surface area contributed by atoms with Crippen molar-refractivity contribution in [3.05, 3.63) is 78.8 Å². The third-order valence-corrected chi connectivity index (χ3v) is 5.71. The number of hydrogen-bond acceptors (Lipinski definition) is 4. The maximum atomic E-state index is 13.0. The van der Waals surface area contributed by atoms with Crippen molar-refractivity contribution in [1.29, 1.82) is 0 Å². The summed E-state index contributed by atoms with van der Waals surface area (Å²) in [6.07, 6.45) is 0.902. The fourth-order valence-electron chi connectivity index (χ4n) is 3.90. The number of carboxylic acids is 1. The van der Waals surface area contributed by atoms with E-state index >= 15 is 0 Å². The molecule has 1 aliphatic heterocycles. The first-order chi connectivity index (χ1) is 14.3. The van der Waals surface area contributed by atoms with Crippen LogP contribution in [0.3, 0.4) is 0 Å². The molecule has 154 valence electrons. The van der Waals surface area contributed by atoms with Crippen molar-refractivity contribution in [2.45, 2.75) is 31.3 Å². The Bertz CT molecular complexity index is 1270. The van der Waals surface area contributed by atoms with Crippen LogP contribution < -0.4 is 16.4 Å². The van der Waals surface area contributed by atoms with Gasteiger partial charge in [-0.05, 0) is 36.1 Å². The van der Waals surface area contributed by atoms with Crippen molar-refractivity contribution in [3.63, 3.8) is 0 Å². The van der Waals surface area contributed by atoms with E-state index in [9.17, 15) is 24.3 Å². The molecule has 0 aliphatic carbocycles. The smallest absolute Gasteiger partial charge is 0.326 e. The summed E-state index contributed by atoms with van der Waals surface area (Å²) in [5, 5.41) is 12.1. The fraction of sp³-hybridized carbons (Fsp3) is 0.238. The first-order valence-electron chi connectivity index (χ1n) is 9.39. The monoisotopic (exact) mass is 471 g/mol. The number of aromatic amines is 1. The molecule has 0 bridgehead atoms. The van der Waals surface area contributed by atoms with Crippen LogP contribution in [0.15, 0.2) is 56.5 Å². The highest BCUT2D eigenvalue weighted by Crippen LogP contribution is 2.30. The molecule has 0 spiro atoms. The predicted molar refractivity (Wildman–Crippen MR) is 114 cm³/mol. The normalized spacial score (nSPS) is 16.2. The van der Waals surface area contributed by atoms with E-state index in [0.29, 0.717) is 17.5 Å². The van der Waals surface area contributed by atoms with Gasteiger partial charge in [0.2, 0.25) is 5.91 Å². The minimum absolute atomic E-state index is 0.109. The summed E-state index contributed by atoms with van der Waals surface area (Å²) in [7, 11) is 0. The van der Waals surface area contributed by atoms with Crippen LogP contribution in [0, 0.1) is 0 Å². The van der Waals surface area contributed by atoms with Gasteiger partial charge in [-0.25, -0.2) is 4.79 Å². The molecule has 8 nitrogen and oxygen atoms in total. The number of carboxylic acid groups (broad SMARTS) is 1. The lowest BCUT2D eigenvalue weighted by Crippen LogP contribution is -2.49. The van der Waals surface area contributed by atoms with E-state index in [1.165, 1.54) is 4.57 Å². The number of hydrogen-bond donors (Lipinski definition) is 3. The van der Waals surface area contributed by atoms with Gasteiger partial charge in [0.25, 0.3) is 0 Å². The predicted octanol–water partition coefficient (Wildman–Crippen LogP) is 1.75. The number of halogens is 1. The van der Waals surface area contributed by atoms with Gasteiger partial charge >= 0.3 is 17.1 Å². The molecular formula is C21H18BrN3O5. The fourth-order valence-corrected chi connectivity index (χ4v) is 4.40. The summed E-state index contributed by atoms with van der Waals surface area (Å²) < 4.78 is 1.94. The third-order valence-electron chi connectivity index (χ3n) is 5.25. The van der Waals surface area contributed by atoms with Crippen LogP contribution in [0.25, 0.3) is 11.0 Å². The zero-order valence-corrected chi connectivity index (χ0v) is 17.3. The Morgan fingerprint density at radius 2 is 1.97 bits per heavy atom. The molecule has 3 aromatic rings. The number of H-pyrrole nitrogens is 1. The zero-order chi connectivity index (χ0) is 21.4. The van der Waals surface area contributed by atoms with Crippen molar-refractivity contribution in [1.82, 2.24) is 14.9 Å². The highest BCUT2D eigenvalue weighted by atomic mass is 79.9. The molecule has 2 atom stereocenters. The molecule has 1 aliphatic rings. The Balaban J connectivity index is 1.71. The number of carbonyl (C=O) groups excluding carboxylic acids is 1. The summed E-state index contributed by atoms with van der Waals surface area (Å²) in [6.45, 7) is 0. The number of rotatable bonds is 5. The van der Waals surface area contributed by atoms with E-state index < -0.39 is 35.1 Å². The van der Waals surface area contributed by atoms with Gasteiger partial charge in [0.1, 0.15) is 12.1 Å². The molecule has 4 rings (SSSR count). The van der Waals surface area contributed by atoms with Crippen LogP contribution in [0.5, 0.6) is 0 Å². The number of benzene rings is 2. The SMILES string of the molecule is O=C(N[C@@H](Cc1ccccc1)C(=O)O)C1CCc2cc(Br)cc3[nH]c(=O)c(=O)n1c23. The average Bonchev–Trinajstić information content (AvgIpc) is 2.71. The Hall–Kier alpha value is -3.20. The Morgan fingerprint density at radius 3 is 2.67 bits per heavy atom. The second-order valence-electron chi connectivity index (χ2n) is 7.23. The minimum Gasteiger partial charge on any atom is -0.480 e. The third kappa shape index (κ3) is 3.68. The number of carbonyl (C=O) groups is 2. The second kappa shape index (κ2) is 7.91. The number of amides is 1. The summed E-state index contributed by atoms with van der Waals surface area (Å²) >= 11 is 3.39. The van der Waals surface area contributed by atoms with Gasteiger partial charge in [-0.2, -0.15) is 0 Å². The Morgan fingerprint density at radius 1 is 1.23 bits per heavy atom. The molecule has 0 radical (unpaired) electrons. The molecule has 1 unspecified atom stereocenters. The van der Waals surface area contributed by atoms with Gasteiger partial charge in [0.15, 0.2) is 0 Å². The number of nitrogens with zero attached hydrogens (tertiary/aromatic N) is 1. The lowest BCUT2D eigenvalue weighted by Gasteiger charge is -2.28. The molecule has 9 heteroatoms. The molecule has 0 saturated carbocycles. The first-order valence-corrected chi connectivity index (χ1v) is 10.2. The molecular weight excluding hydrogens is 454 g/mol. The molecule has 0 fully saturated rings. The number of aryl methyl sites for hydroxylation is 1. The topological polar surface area (TPSA) is 121 Å². The van der Waals surface area contributed by atoms with E-state index in [0.717, 1.165) is 15.6 Å². The summed E-state index contributed by atoms with van der Waals surface area (Å²) in [5.74, 6) is -1.77. The van der Waals surface area contributed by atoms with Crippen LogP contribution in [0.4, 0.5) is 0 Å². The molecule has 0 saturated heterocycles. The zero-order valence-electron chi connectivity index (χ0n) is 15.7. The largest absolute Gasteiger partial charge is 0.480 e. The van der Waals surface area contributed by atoms with Crippen molar-refractivity contribution in [3.8, 4) is 0 Å². The standard InChI is InChI=1S/C21H18BrN3O5/c22-13-9-12-6-7-16(25-17(12)14(10-13)23-19(27)20(25)28)18(26)24-15(21(29)30)8-11-4-2-1-3-5-11/h1-5,9-10,15-16H,6-8H2,(H,23,27)(H,24,26)(H,29,30)/t15-,16?/m0/s1. The van der Waals surface area contributed by atoms with Crippen LogP contribution in [-0.4, -0.2) is 32.6 Å². The lowest BCUT2D eigenvalue weighted by atomic mass is 9.97. The number of aromatic nitrogens is 2. The van der Waals surface area contributed by atoms with Crippen LogP contribution in [0.2, 0.25) is 0 Å². The average molecular weight is 472 g/mol. The summed E-state index contributed by atoms with van der Waals surface area (Å²) in [4.78, 5) is 52.1. The molecule has 2 heterocycles. The quantitative estimate of drug-likeness (QED) is 0.489. The Labute approximate surface area is 178 Å². The minimum atomic E-state index is -1.17. The van der Waals surface area contributed by atoms with E-state index in [2.05, 4.69) is 26.2 Å². The van der Waals surface area contributed by atoms with Crippen LogP contribution in [0.1, 0.15) is 23.6 Å². The van der Waals surface area contributed by atoms with E-state index in [-0.39, 0.29) is 12.8 Å². The van der Waals surface area contributed by atoms with Crippen molar-refractivity contribution in [2.75, 3.05) is 0 Å². The second-order valence-corrected chi connectivity index (χ2v) is 8.15. The molecule has 30 heavy (non-hydrogen) atoms. The van der Waals surface area contributed by atoms with Crippen LogP contribution >= 0.6 is 15.9 Å². The van der Waals surface area contributed by atoms with Crippen molar-refractivity contribution in [2.24, 2.45) is 0 Å². The van der Waals surface area contributed by atoms with E-state index in [4.69, 9.17) is 0 Å². The molecule has 1 amide bonds. The summed E-state index contributed by atoms with van der Waals surface area (Å²) in [6, 6.07) is 10.4. The number of nitrogens with one attached hydrogen (secondary N) is 2.